The number of amides is 1. The second-order valence-electron chi connectivity index (χ2n) is 6.69. The quantitative estimate of drug-likeness (QED) is 0.648. The lowest BCUT2D eigenvalue weighted by Gasteiger charge is -2.12. The van der Waals surface area contributed by atoms with Gasteiger partial charge in [-0.05, 0) is 49.4 Å². The van der Waals surface area contributed by atoms with Gasteiger partial charge >= 0.3 is 0 Å². The van der Waals surface area contributed by atoms with Crippen LogP contribution in [0.3, 0.4) is 0 Å². The smallest absolute Gasteiger partial charge is 0.257 e. The maximum absolute atomic E-state index is 12.6. The molecule has 1 heterocycles. The number of aromatic nitrogens is 1. The summed E-state index contributed by atoms with van der Waals surface area (Å²) in [6.07, 6.45) is 4.43. The van der Waals surface area contributed by atoms with Crippen LogP contribution in [0.2, 0.25) is 0 Å². The highest BCUT2D eigenvalue weighted by Gasteiger charge is 2.18. The van der Waals surface area contributed by atoms with Crippen LogP contribution in [0.15, 0.2) is 48.5 Å². The maximum Gasteiger partial charge on any atom is 0.257 e. The van der Waals surface area contributed by atoms with E-state index in [0.29, 0.717) is 28.8 Å². The lowest BCUT2D eigenvalue weighted by molar-refractivity contribution is 0.102. The van der Waals surface area contributed by atoms with E-state index in [-0.39, 0.29) is 5.91 Å². The molecule has 3 aromatic rings. The van der Waals surface area contributed by atoms with Crippen molar-refractivity contribution < 1.29 is 14.3 Å². The van der Waals surface area contributed by atoms with Crippen LogP contribution in [0.4, 0.5) is 5.13 Å². The Labute approximate surface area is 168 Å². The number of carbonyl (C=O) groups is 1. The number of rotatable bonds is 6. The lowest BCUT2D eigenvalue weighted by atomic mass is 10.0. The molecular formula is C22H22N2O3S. The Hall–Kier alpha value is -2.86. The summed E-state index contributed by atoms with van der Waals surface area (Å²) in [7, 11) is 1.57. The number of hydrogen-bond donors (Lipinski definition) is 1. The first kappa shape index (κ1) is 18.5. The molecule has 5 nitrogen and oxygen atoms in total. The largest absolute Gasteiger partial charge is 0.493 e. The van der Waals surface area contributed by atoms with E-state index in [1.807, 2.05) is 30.3 Å². The van der Waals surface area contributed by atoms with Crippen LogP contribution in [0.1, 0.15) is 39.3 Å². The highest BCUT2D eigenvalue weighted by molar-refractivity contribution is 7.15. The minimum absolute atomic E-state index is 0.195. The van der Waals surface area contributed by atoms with Crippen LogP contribution in [0.25, 0.3) is 0 Å². The molecule has 0 unspecified atom stereocenters. The van der Waals surface area contributed by atoms with Crippen molar-refractivity contribution in [1.29, 1.82) is 0 Å². The van der Waals surface area contributed by atoms with Gasteiger partial charge in [0, 0.05) is 10.4 Å². The standard InChI is InChI=1S/C22H22N2O3S/c1-26-19-13-16(11-12-18(19)27-14-15-7-3-2-4-8-15)21(25)24-22-23-17-9-5-6-10-20(17)28-22/h2-4,7-8,11-13H,5-6,9-10,14H2,1H3,(H,23,24,25). The van der Waals surface area contributed by atoms with Crippen LogP contribution >= 0.6 is 11.3 Å². The monoisotopic (exact) mass is 394 g/mol. The fraction of sp³-hybridized carbons (Fsp3) is 0.273. The summed E-state index contributed by atoms with van der Waals surface area (Å²) >= 11 is 1.58. The second kappa shape index (κ2) is 8.44. The third-order valence-corrected chi connectivity index (χ3v) is 5.80. The summed E-state index contributed by atoms with van der Waals surface area (Å²) in [5, 5.41) is 3.58. The van der Waals surface area contributed by atoms with Gasteiger partial charge in [-0.15, -0.1) is 11.3 Å². The van der Waals surface area contributed by atoms with Gasteiger partial charge in [-0.25, -0.2) is 4.98 Å². The Morgan fingerprint density at radius 1 is 1.11 bits per heavy atom. The molecule has 4 rings (SSSR count). The average Bonchev–Trinajstić information content (AvgIpc) is 3.15. The Bertz CT molecular complexity index is 946. The molecule has 2 aromatic carbocycles. The van der Waals surface area contributed by atoms with Gasteiger partial charge in [0.05, 0.1) is 12.8 Å². The number of benzene rings is 2. The average molecular weight is 394 g/mol. The minimum atomic E-state index is -0.195. The Morgan fingerprint density at radius 2 is 1.93 bits per heavy atom. The number of nitrogens with zero attached hydrogens (tertiary/aromatic N) is 1. The summed E-state index contributed by atoms with van der Waals surface area (Å²) in [6, 6.07) is 15.1. The first-order valence-electron chi connectivity index (χ1n) is 9.37. The molecule has 144 valence electrons. The van der Waals surface area contributed by atoms with Crippen molar-refractivity contribution in [3.63, 3.8) is 0 Å². The molecule has 0 saturated heterocycles. The Balaban J connectivity index is 1.45. The molecule has 6 heteroatoms. The van der Waals surface area contributed by atoms with E-state index >= 15 is 0 Å². The molecule has 1 aliphatic carbocycles. The van der Waals surface area contributed by atoms with Gasteiger partial charge in [0.25, 0.3) is 5.91 Å². The van der Waals surface area contributed by atoms with E-state index in [1.165, 1.54) is 17.7 Å². The van der Waals surface area contributed by atoms with Crippen LogP contribution < -0.4 is 14.8 Å². The summed E-state index contributed by atoms with van der Waals surface area (Å²) in [6.45, 7) is 0.438. The van der Waals surface area contributed by atoms with E-state index in [2.05, 4.69) is 10.3 Å². The number of methoxy groups -OCH3 is 1. The van der Waals surface area contributed by atoms with Crippen molar-refractivity contribution in [3.8, 4) is 11.5 Å². The molecule has 0 spiro atoms. The first-order chi connectivity index (χ1) is 13.7. The number of ether oxygens (including phenoxy) is 2. The molecule has 0 atom stereocenters. The third-order valence-electron chi connectivity index (χ3n) is 4.73. The van der Waals surface area contributed by atoms with Gasteiger partial charge in [0.1, 0.15) is 6.61 Å². The zero-order valence-corrected chi connectivity index (χ0v) is 16.6. The van der Waals surface area contributed by atoms with Crippen molar-refractivity contribution >= 4 is 22.4 Å². The van der Waals surface area contributed by atoms with Crippen molar-refractivity contribution in [2.24, 2.45) is 0 Å². The zero-order valence-electron chi connectivity index (χ0n) is 15.7. The van der Waals surface area contributed by atoms with Crippen molar-refractivity contribution in [1.82, 2.24) is 4.98 Å². The SMILES string of the molecule is COc1cc(C(=O)Nc2nc3c(s2)CCCC3)ccc1OCc1ccccc1. The van der Waals surface area contributed by atoms with Crippen LogP contribution in [-0.2, 0) is 19.4 Å². The molecule has 0 aliphatic heterocycles. The van der Waals surface area contributed by atoms with Gasteiger partial charge in [-0.1, -0.05) is 30.3 Å². The normalized spacial score (nSPS) is 12.9. The van der Waals surface area contributed by atoms with Crippen molar-refractivity contribution in [3.05, 3.63) is 70.2 Å². The summed E-state index contributed by atoms with van der Waals surface area (Å²) in [5.41, 5.74) is 2.71. The number of hydrogen-bond acceptors (Lipinski definition) is 5. The first-order valence-corrected chi connectivity index (χ1v) is 10.2. The molecule has 0 radical (unpaired) electrons. The van der Waals surface area contributed by atoms with E-state index in [0.717, 1.165) is 24.1 Å². The molecule has 1 aliphatic rings. The molecular weight excluding hydrogens is 372 g/mol. The minimum Gasteiger partial charge on any atom is -0.493 e. The number of anilines is 1. The van der Waals surface area contributed by atoms with Gasteiger partial charge in [0.2, 0.25) is 0 Å². The highest BCUT2D eigenvalue weighted by Crippen LogP contribution is 2.31. The fourth-order valence-electron chi connectivity index (χ4n) is 3.24. The van der Waals surface area contributed by atoms with Gasteiger partial charge < -0.3 is 9.47 Å². The number of nitrogens with one attached hydrogen (secondary N) is 1. The van der Waals surface area contributed by atoms with Gasteiger partial charge in [-0.2, -0.15) is 0 Å². The lowest BCUT2D eigenvalue weighted by Crippen LogP contribution is -2.12. The van der Waals surface area contributed by atoms with Gasteiger partial charge in [-0.3, -0.25) is 10.1 Å². The Kier molecular flexibility index (Phi) is 5.58. The van der Waals surface area contributed by atoms with Crippen molar-refractivity contribution in [2.75, 3.05) is 12.4 Å². The fourth-order valence-corrected chi connectivity index (χ4v) is 4.28. The van der Waals surface area contributed by atoms with E-state index in [1.54, 1.807) is 36.6 Å². The molecule has 1 aromatic heterocycles. The van der Waals surface area contributed by atoms with E-state index in [4.69, 9.17) is 9.47 Å². The Morgan fingerprint density at radius 3 is 2.71 bits per heavy atom. The molecule has 1 N–H and O–H groups in total. The second-order valence-corrected chi connectivity index (χ2v) is 7.77. The van der Waals surface area contributed by atoms with Crippen molar-refractivity contribution in [2.45, 2.75) is 32.3 Å². The number of thiazole rings is 1. The summed E-state index contributed by atoms with van der Waals surface area (Å²) in [5.74, 6) is 0.939. The molecule has 28 heavy (non-hydrogen) atoms. The van der Waals surface area contributed by atoms with E-state index in [9.17, 15) is 4.79 Å². The summed E-state index contributed by atoms with van der Waals surface area (Å²) < 4.78 is 11.3. The number of fused-ring (bicyclic) bond motifs is 1. The molecule has 1 amide bonds. The molecule has 0 saturated carbocycles. The number of carbonyl (C=O) groups excluding carboxylic acids is 1. The van der Waals surface area contributed by atoms with Crippen LogP contribution in [-0.4, -0.2) is 18.0 Å². The number of aryl methyl sites for hydroxylation is 2. The van der Waals surface area contributed by atoms with E-state index < -0.39 is 0 Å². The van der Waals surface area contributed by atoms with Gasteiger partial charge in [0.15, 0.2) is 16.6 Å². The molecule has 0 bridgehead atoms. The third kappa shape index (κ3) is 4.17. The zero-order chi connectivity index (χ0) is 19.3. The predicted molar refractivity (Wildman–Crippen MR) is 110 cm³/mol. The molecule has 0 fully saturated rings. The summed E-state index contributed by atoms with van der Waals surface area (Å²) in [4.78, 5) is 18.5. The maximum atomic E-state index is 12.6. The predicted octanol–water partition coefficient (Wildman–Crippen LogP) is 4.86. The topological polar surface area (TPSA) is 60.5 Å². The highest BCUT2D eigenvalue weighted by atomic mass is 32.1. The van der Waals surface area contributed by atoms with Crippen LogP contribution in [0, 0.1) is 0 Å². The van der Waals surface area contributed by atoms with Crippen LogP contribution in [0.5, 0.6) is 11.5 Å².